The van der Waals surface area contributed by atoms with Crippen molar-refractivity contribution >= 4 is 57.9 Å². The topological polar surface area (TPSA) is 83.4 Å². The summed E-state index contributed by atoms with van der Waals surface area (Å²) in [7, 11) is 0. The van der Waals surface area contributed by atoms with Crippen molar-refractivity contribution in [3.63, 3.8) is 0 Å². The third kappa shape index (κ3) is 5.26. The fraction of sp³-hybridized carbons (Fsp3) is 0. The molecule has 0 atom stereocenters. The summed E-state index contributed by atoms with van der Waals surface area (Å²) in [5.74, 6) is -0.960. The molecular formula is C24H17ClN4O2S. The molecule has 0 bridgehead atoms. The number of hydrogen-bond acceptors (Lipinski definition) is 5. The van der Waals surface area contributed by atoms with Crippen LogP contribution >= 0.6 is 22.9 Å². The summed E-state index contributed by atoms with van der Waals surface area (Å²) < 4.78 is 0. The lowest BCUT2D eigenvalue weighted by Crippen LogP contribution is -2.32. The summed E-state index contributed by atoms with van der Waals surface area (Å²) in [6, 6.07) is 21.7. The van der Waals surface area contributed by atoms with E-state index in [1.807, 2.05) is 53.9 Å². The van der Waals surface area contributed by atoms with Crippen molar-refractivity contribution in [3.05, 3.63) is 105 Å². The van der Waals surface area contributed by atoms with Gasteiger partial charge in [0.2, 0.25) is 0 Å². The smallest absolute Gasteiger partial charge is 0.287 e. The summed E-state index contributed by atoms with van der Waals surface area (Å²) in [6.45, 7) is 0. The third-order valence-electron chi connectivity index (χ3n) is 4.43. The minimum Gasteiger partial charge on any atom is -0.317 e. The lowest BCUT2D eigenvalue weighted by Gasteiger charge is -2.09. The molecule has 0 spiro atoms. The molecule has 6 nitrogen and oxygen atoms in total. The average Bonchev–Trinajstić information content (AvgIpc) is 3.32. The Labute approximate surface area is 193 Å². The Morgan fingerprint density at radius 2 is 1.78 bits per heavy atom. The van der Waals surface area contributed by atoms with E-state index < -0.39 is 11.8 Å². The molecule has 0 radical (unpaired) electrons. The van der Waals surface area contributed by atoms with Crippen LogP contribution in [0.15, 0.2) is 89.0 Å². The Balaban J connectivity index is 1.52. The van der Waals surface area contributed by atoms with E-state index in [0.29, 0.717) is 11.1 Å². The highest BCUT2D eigenvalue weighted by atomic mass is 35.5. The molecule has 4 aromatic rings. The van der Waals surface area contributed by atoms with Gasteiger partial charge in [0, 0.05) is 21.4 Å². The van der Waals surface area contributed by atoms with Crippen LogP contribution in [0, 0.1) is 0 Å². The van der Waals surface area contributed by atoms with Gasteiger partial charge in [0.15, 0.2) is 0 Å². The van der Waals surface area contributed by atoms with Crippen LogP contribution in [0.3, 0.4) is 0 Å². The zero-order valence-electron chi connectivity index (χ0n) is 16.7. The highest BCUT2D eigenvalue weighted by Crippen LogP contribution is 2.19. The summed E-state index contributed by atoms with van der Waals surface area (Å²) in [6.07, 6.45) is 3.02. The number of hydrogen-bond donors (Lipinski definition) is 2. The highest BCUT2D eigenvalue weighted by Gasteiger charge is 2.14. The maximum absolute atomic E-state index is 12.8. The van der Waals surface area contributed by atoms with Gasteiger partial charge in [0.1, 0.15) is 10.9 Å². The molecule has 0 unspecified atom stereocenters. The fourth-order valence-corrected chi connectivity index (χ4v) is 3.73. The molecule has 0 fully saturated rings. The second-order valence-electron chi connectivity index (χ2n) is 6.65. The number of rotatable bonds is 6. The fourth-order valence-electron chi connectivity index (χ4n) is 2.88. The molecule has 2 amide bonds. The number of para-hydroxylation sites is 1. The number of amides is 2. The van der Waals surface area contributed by atoms with Gasteiger partial charge in [-0.2, -0.15) is 5.10 Å². The molecule has 0 saturated heterocycles. The molecule has 2 aromatic carbocycles. The van der Waals surface area contributed by atoms with Crippen LogP contribution in [0.4, 0.5) is 0 Å². The lowest BCUT2D eigenvalue weighted by molar-refractivity contribution is -0.117. The highest BCUT2D eigenvalue weighted by molar-refractivity contribution is 7.10. The molecule has 8 heteroatoms. The predicted octanol–water partition coefficient (Wildman–Crippen LogP) is 4.87. The van der Waals surface area contributed by atoms with E-state index in [0.717, 1.165) is 15.8 Å². The molecule has 0 saturated carbocycles. The molecule has 0 aliphatic heterocycles. The third-order valence-corrected chi connectivity index (χ3v) is 5.55. The first-order valence-corrected chi connectivity index (χ1v) is 10.9. The van der Waals surface area contributed by atoms with Crippen LogP contribution in [-0.2, 0) is 4.79 Å². The molecule has 2 N–H and O–H groups in total. The summed E-state index contributed by atoms with van der Waals surface area (Å²) >= 11 is 7.67. The van der Waals surface area contributed by atoms with Crippen molar-refractivity contribution < 1.29 is 9.59 Å². The standard InChI is InChI=1S/C24H17ClN4O2S/c25-22-18(13-17-9-4-5-11-20(17)27-22)15-26-29-24(31)21(14-19-10-6-12-32-19)28-23(30)16-7-2-1-3-8-16/h1-15H,(H,28,30)(H,29,31)/b21-14+,26-15?. The molecule has 4 rings (SSSR count). The average molecular weight is 461 g/mol. The van der Waals surface area contributed by atoms with Crippen molar-refractivity contribution in [2.24, 2.45) is 5.10 Å². The van der Waals surface area contributed by atoms with Gasteiger partial charge in [-0.1, -0.05) is 54.1 Å². The Morgan fingerprint density at radius 3 is 2.56 bits per heavy atom. The maximum atomic E-state index is 12.8. The molecular weight excluding hydrogens is 444 g/mol. The van der Waals surface area contributed by atoms with E-state index in [1.54, 1.807) is 30.3 Å². The zero-order valence-corrected chi connectivity index (χ0v) is 18.2. The number of hydrazone groups is 1. The number of thiophene rings is 1. The van der Waals surface area contributed by atoms with Crippen LogP contribution in [0.5, 0.6) is 0 Å². The van der Waals surface area contributed by atoms with E-state index in [-0.39, 0.29) is 10.9 Å². The van der Waals surface area contributed by atoms with Crippen LogP contribution in [0.2, 0.25) is 5.15 Å². The van der Waals surface area contributed by atoms with Gasteiger partial charge in [-0.25, -0.2) is 10.4 Å². The quantitative estimate of drug-likeness (QED) is 0.186. The normalized spacial score (nSPS) is 11.6. The van der Waals surface area contributed by atoms with Crippen molar-refractivity contribution in [3.8, 4) is 0 Å². The second kappa shape index (κ2) is 10.00. The second-order valence-corrected chi connectivity index (χ2v) is 7.99. The number of pyridine rings is 1. The van der Waals surface area contributed by atoms with Gasteiger partial charge in [0.25, 0.3) is 11.8 Å². The molecule has 158 valence electrons. The van der Waals surface area contributed by atoms with Gasteiger partial charge in [-0.05, 0) is 41.8 Å². The SMILES string of the molecule is O=C(NN=Cc1cc2ccccc2nc1Cl)/C(=C\c1cccs1)NC(=O)c1ccccc1. The van der Waals surface area contributed by atoms with E-state index in [4.69, 9.17) is 11.6 Å². The van der Waals surface area contributed by atoms with E-state index >= 15 is 0 Å². The number of carbonyl (C=O) groups excluding carboxylic acids is 2. The van der Waals surface area contributed by atoms with Crippen molar-refractivity contribution in [1.29, 1.82) is 0 Å². The maximum Gasteiger partial charge on any atom is 0.287 e. The Kier molecular flexibility index (Phi) is 6.69. The van der Waals surface area contributed by atoms with Gasteiger partial charge >= 0.3 is 0 Å². The van der Waals surface area contributed by atoms with Crippen LogP contribution < -0.4 is 10.7 Å². The first-order chi connectivity index (χ1) is 15.6. The van der Waals surface area contributed by atoms with Gasteiger partial charge in [-0.3, -0.25) is 9.59 Å². The lowest BCUT2D eigenvalue weighted by atomic mass is 10.2. The monoisotopic (exact) mass is 460 g/mol. The number of nitrogens with zero attached hydrogens (tertiary/aromatic N) is 2. The first kappa shape index (κ1) is 21.4. The van der Waals surface area contributed by atoms with E-state index in [2.05, 4.69) is 20.8 Å². The molecule has 2 heterocycles. The molecule has 0 aliphatic rings. The Hall–Kier alpha value is -3.81. The van der Waals surface area contributed by atoms with Crippen molar-refractivity contribution in [2.75, 3.05) is 0 Å². The van der Waals surface area contributed by atoms with E-state index in [1.165, 1.54) is 17.6 Å². The minimum absolute atomic E-state index is 0.0705. The predicted molar refractivity (Wildman–Crippen MR) is 129 cm³/mol. The minimum atomic E-state index is -0.566. The van der Waals surface area contributed by atoms with E-state index in [9.17, 15) is 9.59 Å². The zero-order chi connectivity index (χ0) is 22.3. The van der Waals surface area contributed by atoms with Crippen LogP contribution in [0.25, 0.3) is 17.0 Å². The summed E-state index contributed by atoms with van der Waals surface area (Å²) in [5.41, 5.74) is 4.28. The Morgan fingerprint density at radius 1 is 1.00 bits per heavy atom. The largest absolute Gasteiger partial charge is 0.317 e. The molecule has 0 aliphatic carbocycles. The summed E-state index contributed by atoms with van der Waals surface area (Å²) in [4.78, 5) is 30.5. The van der Waals surface area contributed by atoms with Gasteiger partial charge in [-0.15, -0.1) is 11.3 Å². The van der Waals surface area contributed by atoms with Crippen LogP contribution in [0.1, 0.15) is 20.8 Å². The number of fused-ring (bicyclic) bond motifs is 1. The number of nitrogens with one attached hydrogen (secondary N) is 2. The number of aromatic nitrogens is 1. The number of benzene rings is 2. The number of carbonyl (C=O) groups is 2. The first-order valence-electron chi connectivity index (χ1n) is 9.60. The van der Waals surface area contributed by atoms with Crippen LogP contribution in [-0.4, -0.2) is 23.0 Å². The van der Waals surface area contributed by atoms with Gasteiger partial charge < -0.3 is 5.32 Å². The van der Waals surface area contributed by atoms with Gasteiger partial charge in [0.05, 0.1) is 11.7 Å². The van der Waals surface area contributed by atoms with Crippen molar-refractivity contribution in [2.45, 2.75) is 0 Å². The Bertz CT molecular complexity index is 1320. The molecule has 2 aromatic heterocycles. The molecule has 32 heavy (non-hydrogen) atoms. The van der Waals surface area contributed by atoms with Crippen molar-refractivity contribution in [1.82, 2.24) is 15.7 Å². The number of halogens is 1. The summed E-state index contributed by atoms with van der Waals surface area (Å²) in [5, 5.41) is 9.72.